The van der Waals surface area contributed by atoms with Crippen molar-refractivity contribution in [2.45, 2.75) is 12.6 Å². The molecule has 0 amide bonds. The van der Waals surface area contributed by atoms with Crippen LogP contribution in [0.1, 0.15) is 17.4 Å². The van der Waals surface area contributed by atoms with E-state index in [4.69, 9.17) is 21.1 Å². The van der Waals surface area contributed by atoms with Crippen molar-refractivity contribution in [1.29, 1.82) is 0 Å². The fourth-order valence-electron chi connectivity index (χ4n) is 4.52. The summed E-state index contributed by atoms with van der Waals surface area (Å²) in [5, 5.41) is 1.11. The van der Waals surface area contributed by atoms with Crippen molar-refractivity contribution in [3.8, 4) is 17.0 Å². The third-order valence-electron chi connectivity index (χ3n) is 6.09. The summed E-state index contributed by atoms with van der Waals surface area (Å²) in [4.78, 5) is 26.2. The minimum atomic E-state index is -0.434. The molecule has 7 nitrogen and oxygen atoms in total. The van der Waals surface area contributed by atoms with E-state index in [2.05, 4.69) is 4.57 Å². The summed E-state index contributed by atoms with van der Waals surface area (Å²) in [5.41, 5.74) is 3.21. The van der Waals surface area contributed by atoms with Crippen LogP contribution >= 0.6 is 11.6 Å². The summed E-state index contributed by atoms with van der Waals surface area (Å²) in [5.74, 6) is 0.743. The lowest BCUT2D eigenvalue weighted by molar-refractivity contribution is 0.0478. The van der Waals surface area contributed by atoms with Gasteiger partial charge in [-0.25, -0.2) is 4.79 Å². The van der Waals surface area contributed by atoms with Gasteiger partial charge in [-0.05, 0) is 35.4 Å². The highest BCUT2D eigenvalue weighted by atomic mass is 35.5. The normalized spacial score (nSPS) is 15.7. The van der Waals surface area contributed by atoms with E-state index < -0.39 is 6.10 Å². The molecule has 32 heavy (non-hydrogen) atoms. The molecule has 4 aromatic rings. The van der Waals surface area contributed by atoms with Crippen LogP contribution in [0.15, 0.2) is 58.1 Å². The first kappa shape index (κ1) is 20.6. The molecule has 0 radical (unpaired) electrons. The van der Waals surface area contributed by atoms with Crippen LogP contribution in [0.2, 0.25) is 5.02 Å². The maximum atomic E-state index is 13.4. The second kappa shape index (κ2) is 7.69. The van der Waals surface area contributed by atoms with E-state index in [0.717, 1.165) is 32.8 Å². The van der Waals surface area contributed by atoms with Crippen molar-refractivity contribution in [2.75, 3.05) is 13.7 Å². The minimum Gasteiger partial charge on any atom is -0.497 e. The van der Waals surface area contributed by atoms with Gasteiger partial charge in [0.15, 0.2) is 0 Å². The van der Waals surface area contributed by atoms with Gasteiger partial charge >= 0.3 is 5.69 Å². The zero-order valence-electron chi connectivity index (χ0n) is 18.0. The fraction of sp³-hybridized carbons (Fsp3) is 0.250. The second-order valence-corrected chi connectivity index (χ2v) is 8.28. The average Bonchev–Trinajstić information content (AvgIpc) is 3.17. The molecule has 0 saturated heterocycles. The Morgan fingerprint density at radius 2 is 1.69 bits per heavy atom. The molecular weight excluding hydrogens is 430 g/mol. The number of nitrogens with zero attached hydrogens (tertiary/aromatic N) is 3. The maximum absolute atomic E-state index is 13.4. The molecule has 2 aromatic heterocycles. The highest BCUT2D eigenvalue weighted by Crippen LogP contribution is 2.40. The molecule has 1 unspecified atom stereocenters. The quantitative estimate of drug-likeness (QED) is 0.478. The van der Waals surface area contributed by atoms with E-state index in [1.165, 1.54) is 11.6 Å². The molecule has 0 fully saturated rings. The smallest absolute Gasteiger partial charge is 0.331 e. The number of methoxy groups -OCH3 is 1. The first-order chi connectivity index (χ1) is 15.4. The van der Waals surface area contributed by atoms with Crippen LogP contribution in [-0.4, -0.2) is 27.4 Å². The molecule has 2 aromatic carbocycles. The number of ether oxygens (including phenoxy) is 2. The predicted molar refractivity (Wildman–Crippen MR) is 124 cm³/mol. The Labute approximate surface area is 189 Å². The molecule has 0 saturated carbocycles. The van der Waals surface area contributed by atoms with Gasteiger partial charge < -0.3 is 14.0 Å². The lowest BCUT2D eigenvalue weighted by Gasteiger charge is -2.27. The highest BCUT2D eigenvalue weighted by molar-refractivity contribution is 6.30. The molecule has 0 bridgehead atoms. The first-order valence-corrected chi connectivity index (χ1v) is 10.6. The fourth-order valence-corrected chi connectivity index (χ4v) is 4.65. The summed E-state index contributed by atoms with van der Waals surface area (Å²) in [6, 6.07) is 15.0. The van der Waals surface area contributed by atoms with Gasteiger partial charge in [-0.1, -0.05) is 35.9 Å². The van der Waals surface area contributed by atoms with Gasteiger partial charge in [0.2, 0.25) is 0 Å². The number of aryl methyl sites for hydroxylation is 1. The van der Waals surface area contributed by atoms with Gasteiger partial charge in [-0.2, -0.15) is 0 Å². The Balaban J connectivity index is 1.89. The van der Waals surface area contributed by atoms with Gasteiger partial charge in [0.25, 0.3) is 5.56 Å². The number of aromatic nitrogens is 3. The molecule has 5 rings (SSSR count). The summed E-state index contributed by atoms with van der Waals surface area (Å²) >= 11 is 6.12. The molecule has 1 aliphatic rings. The number of hydrogen-bond donors (Lipinski definition) is 0. The number of rotatable bonds is 3. The van der Waals surface area contributed by atoms with Crippen LogP contribution in [0.25, 0.3) is 22.2 Å². The summed E-state index contributed by atoms with van der Waals surface area (Å²) in [7, 11) is 4.81. The van der Waals surface area contributed by atoms with E-state index in [9.17, 15) is 9.59 Å². The second-order valence-electron chi connectivity index (χ2n) is 7.85. The largest absolute Gasteiger partial charge is 0.497 e. The van der Waals surface area contributed by atoms with Gasteiger partial charge in [0, 0.05) is 25.7 Å². The van der Waals surface area contributed by atoms with Crippen molar-refractivity contribution >= 4 is 22.5 Å². The van der Waals surface area contributed by atoms with Crippen molar-refractivity contribution in [2.24, 2.45) is 14.1 Å². The molecule has 164 valence electrons. The van der Waals surface area contributed by atoms with Crippen molar-refractivity contribution in [1.82, 2.24) is 13.7 Å². The summed E-state index contributed by atoms with van der Waals surface area (Å²) in [6.07, 6.45) is -0.434. The SMILES string of the molecule is COc1ccc(C2OCCn3c(-c4ccc(Cl)cc4)c4c(=O)n(C)c(=O)n(C)c4c32)cc1. The highest BCUT2D eigenvalue weighted by Gasteiger charge is 2.33. The Kier molecular flexibility index (Phi) is 4.95. The third kappa shape index (κ3) is 3.00. The molecule has 0 spiro atoms. The summed E-state index contributed by atoms with van der Waals surface area (Å²) < 4.78 is 16.3. The van der Waals surface area contributed by atoms with Crippen molar-refractivity contribution < 1.29 is 9.47 Å². The first-order valence-electron chi connectivity index (χ1n) is 10.3. The van der Waals surface area contributed by atoms with Gasteiger partial charge in [-0.15, -0.1) is 0 Å². The Morgan fingerprint density at radius 1 is 1.00 bits per heavy atom. The van der Waals surface area contributed by atoms with Crippen LogP contribution in [0.3, 0.4) is 0 Å². The van der Waals surface area contributed by atoms with E-state index in [1.54, 1.807) is 26.3 Å². The van der Waals surface area contributed by atoms with E-state index in [-0.39, 0.29) is 11.2 Å². The van der Waals surface area contributed by atoms with Crippen LogP contribution in [0, 0.1) is 0 Å². The topological polar surface area (TPSA) is 67.4 Å². The number of fused-ring (bicyclic) bond motifs is 3. The Bertz CT molecular complexity index is 1450. The van der Waals surface area contributed by atoms with Crippen molar-refractivity contribution in [3.05, 3.63) is 85.6 Å². The standard InChI is InChI=1S/C24H22ClN3O4/c1-26-20-18(23(29)27(2)24(26)30)19(14-4-8-16(25)9-5-14)28-12-13-32-22(21(20)28)15-6-10-17(31-3)11-7-15/h4-11,22H,12-13H2,1-3H3. The zero-order valence-corrected chi connectivity index (χ0v) is 18.7. The Hall–Kier alpha value is -3.29. The minimum absolute atomic E-state index is 0.330. The van der Waals surface area contributed by atoms with Crippen molar-refractivity contribution in [3.63, 3.8) is 0 Å². The monoisotopic (exact) mass is 451 g/mol. The molecule has 8 heteroatoms. The number of halogens is 1. The lowest BCUT2D eigenvalue weighted by Crippen LogP contribution is -2.37. The van der Waals surface area contributed by atoms with E-state index in [1.807, 2.05) is 36.4 Å². The predicted octanol–water partition coefficient (Wildman–Crippen LogP) is 3.49. The molecular formula is C24H22ClN3O4. The molecule has 3 heterocycles. The Morgan fingerprint density at radius 3 is 2.34 bits per heavy atom. The lowest BCUT2D eigenvalue weighted by atomic mass is 10.0. The van der Waals surface area contributed by atoms with Gasteiger partial charge in [0.05, 0.1) is 36.0 Å². The van der Waals surface area contributed by atoms with E-state index >= 15 is 0 Å². The molecule has 0 N–H and O–H groups in total. The molecule has 0 aliphatic carbocycles. The van der Waals surface area contributed by atoms with Crippen LogP contribution in [-0.2, 0) is 25.4 Å². The third-order valence-corrected chi connectivity index (χ3v) is 6.34. The number of hydrogen-bond acceptors (Lipinski definition) is 4. The molecule has 1 atom stereocenters. The van der Waals surface area contributed by atoms with E-state index in [0.29, 0.717) is 29.1 Å². The van der Waals surface area contributed by atoms with Crippen LogP contribution < -0.4 is 16.0 Å². The van der Waals surface area contributed by atoms with Crippen LogP contribution in [0.5, 0.6) is 5.75 Å². The molecule has 1 aliphatic heterocycles. The van der Waals surface area contributed by atoms with Gasteiger partial charge in [-0.3, -0.25) is 13.9 Å². The number of benzene rings is 2. The average molecular weight is 452 g/mol. The van der Waals surface area contributed by atoms with Crippen LogP contribution in [0.4, 0.5) is 0 Å². The zero-order chi connectivity index (χ0) is 22.6. The summed E-state index contributed by atoms with van der Waals surface area (Å²) in [6.45, 7) is 1.03. The maximum Gasteiger partial charge on any atom is 0.331 e. The van der Waals surface area contributed by atoms with Gasteiger partial charge in [0.1, 0.15) is 11.9 Å².